The van der Waals surface area contributed by atoms with Crippen molar-refractivity contribution in [3.63, 3.8) is 0 Å². The fourth-order valence-electron chi connectivity index (χ4n) is 5.31. The Morgan fingerprint density at radius 2 is 2.11 bits per heavy atom. The number of anilines is 1. The van der Waals surface area contributed by atoms with Crippen LogP contribution in [0.3, 0.4) is 0 Å². The van der Waals surface area contributed by atoms with E-state index in [4.69, 9.17) is 11.5 Å². The van der Waals surface area contributed by atoms with Gasteiger partial charge in [0, 0.05) is 24.8 Å². The van der Waals surface area contributed by atoms with E-state index in [2.05, 4.69) is 22.0 Å². The molecule has 3 heterocycles. The zero-order valence-corrected chi connectivity index (χ0v) is 19.4. The molecule has 1 aliphatic heterocycles. The highest BCUT2D eigenvalue weighted by atomic mass is 19.1. The molecule has 5 rings (SSSR count). The Bertz CT molecular complexity index is 1370. The molecule has 2 amide bonds. The van der Waals surface area contributed by atoms with Crippen LogP contribution in [0.4, 0.5) is 10.2 Å². The van der Waals surface area contributed by atoms with Gasteiger partial charge in [0.15, 0.2) is 0 Å². The summed E-state index contributed by atoms with van der Waals surface area (Å²) >= 11 is 0. The zero-order chi connectivity index (χ0) is 24.7. The van der Waals surface area contributed by atoms with Crippen molar-refractivity contribution in [2.75, 3.05) is 18.8 Å². The third kappa shape index (κ3) is 4.14. The maximum atomic E-state index is 13.5. The van der Waals surface area contributed by atoms with E-state index in [1.165, 1.54) is 12.1 Å². The number of amides is 2. The maximum Gasteiger partial charge on any atom is 0.298 e. The zero-order valence-electron chi connectivity index (χ0n) is 19.4. The lowest BCUT2D eigenvalue weighted by Gasteiger charge is -2.45. The van der Waals surface area contributed by atoms with Crippen LogP contribution in [-0.4, -0.2) is 49.4 Å². The second kappa shape index (κ2) is 8.58. The molecule has 1 aromatic carbocycles. The average Bonchev–Trinajstić information content (AvgIpc) is 3.50. The predicted octanol–water partition coefficient (Wildman–Crippen LogP) is 2.19. The number of nitrogens with two attached hydrogens (primary N) is 2. The lowest BCUT2D eigenvalue weighted by Crippen LogP contribution is -2.42. The molecule has 4 N–H and O–H groups in total. The second-order valence-electron chi connectivity index (χ2n) is 9.39. The molecule has 35 heavy (non-hydrogen) atoms. The van der Waals surface area contributed by atoms with Crippen molar-refractivity contribution >= 4 is 17.6 Å². The molecule has 1 aliphatic carbocycles. The smallest absolute Gasteiger partial charge is 0.298 e. The number of carbonyl (C=O) groups is 2. The topological polar surface area (TPSA) is 125 Å². The van der Waals surface area contributed by atoms with E-state index in [0.29, 0.717) is 30.9 Å². The van der Waals surface area contributed by atoms with Gasteiger partial charge in [0.25, 0.3) is 11.8 Å². The number of halogens is 1. The minimum Gasteiger partial charge on any atom is -0.383 e. The van der Waals surface area contributed by atoms with Gasteiger partial charge in [-0.25, -0.2) is 9.07 Å². The molecule has 0 atom stereocenters. The highest BCUT2D eigenvalue weighted by Gasteiger charge is 2.51. The largest absolute Gasteiger partial charge is 0.383 e. The number of carbonyl (C=O) groups excluding carboxylic acids is 2. The molecule has 1 spiro atoms. The van der Waals surface area contributed by atoms with Crippen LogP contribution in [0.1, 0.15) is 48.1 Å². The SMILES string of the molecule is CC#CC(=O)N1CC[C@]2(C1)C[C@H](n1nc(-c3cnn(Cc4cccc(F)c4)c3)c(C(N)=O)c1N)C2. The summed E-state index contributed by atoms with van der Waals surface area (Å²) in [6, 6.07) is 6.30. The van der Waals surface area contributed by atoms with Crippen molar-refractivity contribution in [2.45, 2.75) is 38.8 Å². The quantitative estimate of drug-likeness (QED) is 0.547. The van der Waals surface area contributed by atoms with E-state index < -0.39 is 5.91 Å². The summed E-state index contributed by atoms with van der Waals surface area (Å²) in [7, 11) is 0. The van der Waals surface area contributed by atoms with Gasteiger partial charge in [-0.1, -0.05) is 18.1 Å². The Kier molecular flexibility index (Phi) is 5.55. The summed E-state index contributed by atoms with van der Waals surface area (Å²) in [5, 5.41) is 9.01. The standard InChI is InChI=1S/C25H26FN7O2/c1-2-4-20(34)31-8-7-25(15-31)10-19(11-25)33-23(27)21(24(28)35)22(30-33)17-12-29-32(14-17)13-16-5-3-6-18(26)9-16/h3,5-6,9,12,14,19H,7-8,10-11,13,15,27H2,1H3,(H2,28,35)/t19-,25-. The van der Waals surface area contributed by atoms with Gasteiger partial charge in [-0.15, -0.1) is 0 Å². The molecule has 2 aliphatic rings. The van der Waals surface area contributed by atoms with Crippen LogP contribution < -0.4 is 11.5 Å². The fraction of sp³-hybridized carbons (Fsp3) is 0.360. The van der Waals surface area contributed by atoms with Gasteiger partial charge in [-0.2, -0.15) is 10.2 Å². The molecule has 0 unspecified atom stereocenters. The lowest BCUT2D eigenvalue weighted by molar-refractivity contribution is -0.125. The molecule has 3 aromatic rings. The molecular formula is C25H26FN7O2. The van der Waals surface area contributed by atoms with Gasteiger partial charge in [-0.3, -0.25) is 14.3 Å². The predicted molar refractivity (Wildman–Crippen MR) is 127 cm³/mol. The van der Waals surface area contributed by atoms with Crippen LogP contribution in [0.2, 0.25) is 0 Å². The van der Waals surface area contributed by atoms with Crippen LogP contribution in [0.5, 0.6) is 0 Å². The molecule has 9 nitrogen and oxygen atoms in total. The Labute approximate surface area is 201 Å². The molecule has 0 radical (unpaired) electrons. The molecule has 0 bridgehead atoms. The highest BCUT2D eigenvalue weighted by molar-refractivity contribution is 6.03. The number of nitrogens with zero attached hydrogens (tertiary/aromatic N) is 5. The first-order valence-electron chi connectivity index (χ1n) is 11.5. The average molecular weight is 476 g/mol. The van der Waals surface area contributed by atoms with E-state index in [9.17, 15) is 14.0 Å². The minimum absolute atomic E-state index is 0.0106. The van der Waals surface area contributed by atoms with Crippen molar-refractivity contribution < 1.29 is 14.0 Å². The second-order valence-corrected chi connectivity index (χ2v) is 9.39. The van der Waals surface area contributed by atoms with Crippen LogP contribution in [0, 0.1) is 23.1 Å². The number of hydrogen-bond donors (Lipinski definition) is 2. The number of benzene rings is 1. The fourth-order valence-corrected chi connectivity index (χ4v) is 5.31. The van der Waals surface area contributed by atoms with Crippen molar-refractivity contribution in [1.29, 1.82) is 0 Å². The van der Waals surface area contributed by atoms with Crippen molar-refractivity contribution in [1.82, 2.24) is 24.5 Å². The van der Waals surface area contributed by atoms with Gasteiger partial charge in [0.2, 0.25) is 0 Å². The molecular weight excluding hydrogens is 449 g/mol. The van der Waals surface area contributed by atoms with E-state index >= 15 is 0 Å². The number of hydrogen-bond acceptors (Lipinski definition) is 5. The maximum absolute atomic E-state index is 13.5. The van der Waals surface area contributed by atoms with Crippen LogP contribution >= 0.6 is 0 Å². The van der Waals surface area contributed by atoms with Gasteiger partial charge < -0.3 is 16.4 Å². The number of aromatic nitrogens is 4. The molecule has 2 aromatic heterocycles. The molecule has 1 saturated carbocycles. The normalized spacial score (nSPS) is 21.0. The van der Waals surface area contributed by atoms with Gasteiger partial charge in [0.05, 0.1) is 18.8 Å². The Hall–Kier alpha value is -4.13. The Morgan fingerprint density at radius 1 is 1.31 bits per heavy atom. The van der Waals surface area contributed by atoms with Gasteiger partial charge in [-0.05, 0) is 55.2 Å². The molecule has 1 saturated heterocycles. The number of nitrogen functional groups attached to an aromatic ring is 1. The first-order chi connectivity index (χ1) is 16.8. The number of primary amides is 1. The summed E-state index contributed by atoms with van der Waals surface area (Å²) < 4.78 is 16.8. The summed E-state index contributed by atoms with van der Waals surface area (Å²) in [6.07, 6.45) is 5.85. The van der Waals surface area contributed by atoms with E-state index in [-0.39, 0.29) is 34.6 Å². The summed E-state index contributed by atoms with van der Waals surface area (Å²) in [5.41, 5.74) is 13.9. The summed E-state index contributed by atoms with van der Waals surface area (Å²) in [4.78, 5) is 26.2. The van der Waals surface area contributed by atoms with Crippen LogP contribution in [0.25, 0.3) is 11.3 Å². The van der Waals surface area contributed by atoms with Crippen LogP contribution in [0.15, 0.2) is 36.7 Å². The Balaban J connectivity index is 1.36. The molecule has 2 fully saturated rings. The number of likely N-dealkylation sites (tertiary alicyclic amines) is 1. The third-order valence-corrected chi connectivity index (χ3v) is 6.97. The molecule has 10 heteroatoms. The van der Waals surface area contributed by atoms with E-state index in [1.807, 2.05) is 6.07 Å². The first-order valence-corrected chi connectivity index (χ1v) is 11.5. The van der Waals surface area contributed by atoms with Crippen molar-refractivity contribution in [3.8, 4) is 23.1 Å². The molecule has 180 valence electrons. The highest BCUT2D eigenvalue weighted by Crippen LogP contribution is 2.54. The number of rotatable bonds is 5. The van der Waals surface area contributed by atoms with Crippen molar-refractivity contribution in [2.24, 2.45) is 11.1 Å². The van der Waals surface area contributed by atoms with Crippen molar-refractivity contribution in [3.05, 3.63) is 53.6 Å². The van der Waals surface area contributed by atoms with Gasteiger partial charge in [0.1, 0.15) is 22.9 Å². The lowest BCUT2D eigenvalue weighted by atomic mass is 9.65. The van der Waals surface area contributed by atoms with Gasteiger partial charge >= 0.3 is 0 Å². The van der Waals surface area contributed by atoms with E-state index in [0.717, 1.165) is 24.8 Å². The first kappa shape index (κ1) is 22.7. The monoisotopic (exact) mass is 475 g/mol. The minimum atomic E-state index is -0.661. The summed E-state index contributed by atoms with van der Waals surface area (Å²) in [5.74, 6) is 4.39. The third-order valence-electron chi connectivity index (χ3n) is 6.97. The van der Waals surface area contributed by atoms with Crippen LogP contribution in [-0.2, 0) is 11.3 Å². The summed E-state index contributed by atoms with van der Waals surface area (Å²) in [6.45, 7) is 3.38. The Morgan fingerprint density at radius 3 is 2.83 bits per heavy atom. The van der Waals surface area contributed by atoms with E-state index in [1.54, 1.807) is 39.6 Å².